The fraction of sp³-hybridized carbons (Fsp3) is 0.833. The quantitative estimate of drug-likeness (QED) is 0.505. The van der Waals surface area contributed by atoms with Crippen LogP contribution in [0.1, 0.15) is 64.7 Å². The summed E-state index contributed by atoms with van der Waals surface area (Å²) in [5.41, 5.74) is 1.71. The summed E-state index contributed by atoms with van der Waals surface area (Å²) in [6, 6.07) is 0. The summed E-state index contributed by atoms with van der Waals surface area (Å²) in [5, 5.41) is 0. The number of hydrogen-bond donors (Lipinski definition) is 0. The third kappa shape index (κ3) is 3.94. The molecule has 1 rings (SSSR count). The first-order valence-corrected chi connectivity index (χ1v) is 5.61. The van der Waals surface area contributed by atoms with Crippen LogP contribution in [0.4, 0.5) is 0 Å². The molecule has 0 nitrogen and oxygen atoms in total. The van der Waals surface area contributed by atoms with Crippen LogP contribution in [0, 0.1) is 0 Å². The summed E-state index contributed by atoms with van der Waals surface area (Å²) >= 11 is 0. The van der Waals surface area contributed by atoms with Gasteiger partial charge in [0, 0.05) is 0 Å². The minimum Gasteiger partial charge on any atom is -0.0853 e. The van der Waals surface area contributed by atoms with Crippen molar-refractivity contribution in [3.05, 3.63) is 11.6 Å². The van der Waals surface area contributed by atoms with Gasteiger partial charge in [0.2, 0.25) is 0 Å². The van der Waals surface area contributed by atoms with E-state index in [2.05, 4.69) is 13.0 Å². The van der Waals surface area contributed by atoms with E-state index in [0.29, 0.717) is 0 Å². The summed E-state index contributed by atoms with van der Waals surface area (Å²) < 4.78 is 0. The van der Waals surface area contributed by atoms with Gasteiger partial charge >= 0.3 is 0 Å². The van der Waals surface area contributed by atoms with Crippen molar-refractivity contribution in [2.24, 2.45) is 0 Å². The Bertz CT molecular complexity index is 133. The van der Waals surface area contributed by atoms with Gasteiger partial charge in [0.05, 0.1) is 0 Å². The Labute approximate surface area is 77.1 Å². The molecule has 0 saturated heterocycles. The Morgan fingerprint density at radius 2 is 1.67 bits per heavy atom. The lowest BCUT2D eigenvalue weighted by molar-refractivity contribution is 0.582. The van der Waals surface area contributed by atoms with Crippen molar-refractivity contribution < 1.29 is 0 Å². The maximum absolute atomic E-state index is 2.49. The molecule has 0 amide bonds. The molecule has 0 atom stereocenters. The standard InChI is InChI=1S/C12H22/c1-2-12-10-8-6-4-3-5-7-9-11-12/h10H,2-9,11H2,1H3/b12-10-. The normalized spacial score (nSPS) is 25.9. The molecule has 0 saturated carbocycles. The summed E-state index contributed by atoms with van der Waals surface area (Å²) in [6.07, 6.45) is 15.2. The van der Waals surface area contributed by atoms with E-state index in [1.807, 2.05) is 0 Å². The van der Waals surface area contributed by atoms with E-state index in [1.165, 1.54) is 57.8 Å². The highest BCUT2D eigenvalue weighted by molar-refractivity contribution is 5.01. The van der Waals surface area contributed by atoms with Gasteiger partial charge in [-0.05, 0) is 32.1 Å². The first kappa shape index (κ1) is 9.83. The van der Waals surface area contributed by atoms with Crippen molar-refractivity contribution in [3.8, 4) is 0 Å². The number of hydrogen-bond acceptors (Lipinski definition) is 0. The zero-order valence-electron chi connectivity index (χ0n) is 8.44. The second kappa shape index (κ2) is 6.28. The predicted octanol–water partition coefficient (Wildman–Crippen LogP) is 4.46. The monoisotopic (exact) mass is 166 g/mol. The van der Waals surface area contributed by atoms with Gasteiger partial charge in [-0.25, -0.2) is 0 Å². The molecule has 0 aromatic rings. The molecule has 0 spiro atoms. The molecule has 0 heteroatoms. The lowest BCUT2D eigenvalue weighted by atomic mass is 9.99. The lowest BCUT2D eigenvalue weighted by Gasteiger charge is -2.07. The van der Waals surface area contributed by atoms with Crippen molar-refractivity contribution in [2.45, 2.75) is 64.7 Å². The van der Waals surface area contributed by atoms with E-state index in [9.17, 15) is 0 Å². The fourth-order valence-corrected chi connectivity index (χ4v) is 1.93. The zero-order chi connectivity index (χ0) is 8.65. The van der Waals surface area contributed by atoms with Gasteiger partial charge in [-0.15, -0.1) is 0 Å². The maximum atomic E-state index is 2.49. The van der Waals surface area contributed by atoms with Crippen molar-refractivity contribution >= 4 is 0 Å². The van der Waals surface area contributed by atoms with Crippen LogP contribution >= 0.6 is 0 Å². The molecule has 12 heavy (non-hydrogen) atoms. The Morgan fingerprint density at radius 3 is 2.42 bits per heavy atom. The first-order chi connectivity index (χ1) is 5.93. The van der Waals surface area contributed by atoms with E-state index in [4.69, 9.17) is 0 Å². The molecule has 0 bridgehead atoms. The molecule has 0 N–H and O–H groups in total. The highest BCUT2D eigenvalue weighted by atomic mass is 14.0. The molecule has 0 fully saturated rings. The minimum atomic E-state index is 1.28. The van der Waals surface area contributed by atoms with Gasteiger partial charge in [-0.3, -0.25) is 0 Å². The molecule has 70 valence electrons. The van der Waals surface area contributed by atoms with Crippen LogP contribution in [0.5, 0.6) is 0 Å². The average Bonchev–Trinajstić information content (AvgIpc) is 2.14. The van der Waals surface area contributed by atoms with Gasteiger partial charge < -0.3 is 0 Å². The van der Waals surface area contributed by atoms with Gasteiger partial charge in [-0.1, -0.05) is 44.3 Å². The minimum absolute atomic E-state index is 1.28. The molecular weight excluding hydrogens is 144 g/mol. The van der Waals surface area contributed by atoms with E-state index in [0.717, 1.165) is 0 Å². The molecule has 0 aliphatic heterocycles. The Kier molecular flexibility index (Phi) is 5.14. The molecule has 0 heterocycles. The van der Waals surface area contributed by atoms with Crippen LogP contribution in [0.15, 0.2) is 11.6 Å². The van der Waals surface area contributed by atoms with Gasteiger partial charge in [0.1, 0.15) is 0 Å². The topological polar surface area (TPSA) is 0 Å². The maximum Gasteiger partial charge on any atom is -0.0320 e. The highest BCUT2D eigenvalue weighted by Crippen LogP contribution is 2.18. The largest absolute Gasteiger partial charge is 0.0853 e. The summed E-state index contributed by atoms with van der Waals surface area (Å²) in [6.45, 7) is 2.29. The Balaban J connectivity index is 2.32. The Morgan fingerprint density at radius 1 is 1.00 bits per heavy atom. The van der Waals surface area contributed by atoms with Gasteiger partial charge in [-0.2, -0.15) is 0 Å². The van der Waals surface area contributed by atoms with Crippen molar-refractivity contribution in [2.75, 3.05) is 0 Å². The third-order valence-corrected chi connectivity index (χ3v) is 2.84. The molecule has 1 aliphatic carbocycles. The van der Waals surface area contributed by atoms with E-state index >= 15 is 0 Å². The van der Waals surface area contributed by atoms with Crippen molar-refractivity contribution in [1.82, 2.24) is 0 Å². The zero-order valence-corrected chi connectivity index (χ0v) is 8.44. The van der Waals surface area contributed by atoms with E-state index in [-0.39, 0.29) is 0 Å². The summed E-state index contributed by atoms with van der Waals surface area (Å²) in [5.74, 6) is 0. The highest BCUT2D eigenvalue weighted by Gasteiger charge is 1.98. The average molecular weight is 166 g/mol. The van der Waals surface area contributed by atoms with Crippen LogP contribution in [0.3, 0.4) is 0 Å². The van der Waals surface area contributed by atoms with Crippen LogP contribution in [0.2, 0.25) is 0 Å². The van der Waals surface area contributed by atoms with Crippen molar-refractivity contribution in [3.63, 3.8) is 0 Å². The summed E-state index contributed by atoms with van der Waals surface area (Å²) in [4.78, 5) is 0. The summed E-state index contributed by atoms with van der Waals surface area (Å²) in [7, 11) is 0. The lowest BCUT2D eigenvalue weighted by Crippen LogP contribution is -1.87. The molecule has 0 radical (unpaired) electrons. The Hall–Kier alpha value is -0.260. The number of rotatable bonds is 1. The smallest absolute Gasteiger partial charge is 0.0320 e. The fourth-order valence-electron chi connectivity index (χ4n) is 1.93. The third-order valence-electron chi connectivity index (χ3n) is 2.84. The van der Waals surface area contributed by atoms with Gasteiger partial charge in [0.15, 0.2) is 0 Å². The van der Waals surface area contributed by atoms with E-state index < -0.39 is 0 Å². The molecule has 1 aliphatic rings. The molecule has 0 aromatic heterocycles. The second-order valence-electron chi connectivity index (χ2n) is 3.88. The molecular formula is C12H22. The first-order valence-electron chi connectivity index (χ1n) is 5.61. The van der Waals surface area contributed by atoms with Crippen molar-refractivity contribution in [1.29, 1.82) is 0 Å². The van der Waals surface area contributed by atoms with Crippen LogP contribution in [-0.4, -0.2) is 0 Å². The molecule has 0 unspecified atom stereocenters. The van der Waals surface area contributed by atoms with Crippen LogP contribution in [-0.2, 0) is 0 Å². The molecule has 0 aromatic carbocycles. The van der Waals surface area contributed by atoms with Crippen LogP contribution in [0.25, 0.3) is 0 Å². The van der Waals surface area contributed by atoms with E-state index in [1.54, 1.807) is 5.57 Å². The SMILES string of the molecule is CC/C1=C/CCCCCCCC1. The second-order valence-corrected chi connectivity index (χ2v) is 3.88. The van der Waals surface area contributed by atoms with Crippen LogP contribution < -0.4 is 0 Å². The number of allylic oxidation sites excluding steroid dienone is 2. The van der Waals surface area contributed by atoms with Gasteiger partial charge in [0.25, 0.3) is 0 Å². The predicted molar refractivity (Wildman–Crippen MR) is 55.3 cm³/mol.